The first kappa shape index (κ1) is 27.5. The van der Waals surface area contributed by atoms with Crippen molar-refractivity contribution in [1.82, 2.24) is 0 Å². The van der Waals surface area contributed by atoms with Gasteiger partial charge in [-0.1, -0.05) is 11.6 Å². The molecule has 0 spiro atoms. The van der Waals surface area contributed by atoms with Crippen molar-refractivity contribution < 1.29 is 49.0 Å². The Labute approximate surface area is 209 Å². The van der Waals surface area contributed by atoms with E-state index in [0.29, 0.717) is 0 Å². The molecule has 0 saturated heterocycles. The van der Waals surface area contributed by atoms with Gasteiger partial charge in [-0.05, 0) is 0 Å². The zero-order valence-electron chi connectivity index (χ0n) is 17.4. The quantitative estimate of drug-likeness (QED) is 0.261. The summed E-state index contributed by atoms with van der Waals surface area (Å²) in [5.41, 5.74) is -5.73. The Kier molecular flexibility index (Phi) is 7.30. The SMILES string of the molecule is N#Cc1c(F)c(F)c(Oc2c(F)c(F)c(Oc3c(F)c(F)c(C#N)c(C#N)c3F)c(Cl)c2F)c(F)c1C#N. The number of nitrogens with zero attached hydrogens (tertiary/aromatic N) is 4. The van der Waals surface area contributed by atoms with Gasteiger partial charge in [0, 0.05) is 0 Å². The highest BCUT2D eigenvalue weighted by Gasteiger charge is 2.34. The number of halogens is 10. The van der Waals surface area contributed by atoms with E-state index in [-0.39, 0.29) is 0 Å². The molecule has 0 aromatic heterocycles. The monoisotopic (exact) mass is 558 g/mol. The first-order valence-corrected chi connectivity index (χ1v) is 9.48. The minimum atomic E-state index is -2.54. The summed E-state index contributed by atoms with van der Waals surface area (Å²) >= 11 is 5.49. The van der Waals surface area contributed by atoms with Gasteiger partial charge in [-0.25, -0.2) is 22.0 Å². The lowest BCUT2D eigenvalue weighted by Gasteiger charge is -2.16. The predicted octanol–water partition coefficient (Wildman–Crippen LogP) is 6.66. The second-order valence-corrected chi connectivity index (χ2v) is 6.99. The average molecular weight is 559 g/mol. The molecule has 0 amide bonds. The summed E-state index contributed by atoms with van der Waals surface area (Å²) in [7, 11) is 0. The predicted molar refractivity (Wildman–Crippen MR) is 103 cm³/mol. The molecule has 38 heavy (non-hydrogen) atoms. The molecular formula is C22ClF9N4O2. The Bertz CT molecular complexity index is 1580. The van der Waals surface area contributed by atoms with Gasteiger partial charge < -0.3 is 9.47 Å². The van der Waals surface area contributed by atoms with Gasteiger partial charge in [0.1, 0.15) is 51.6 Å². The zero-order chi connectivity index (χ0) is 28.6. The second kappa shape index (κ2) is 10.1. The van der Waals surface area contributed by atoms with E-state index in [4.69, 9.17) is 32.6 Å². The zero-order valence-corrected chi connectivity index (χ0v) is 18.1. The molecule has 0 radical (unpaired) electrons. The van der Waals surface area contributed by atoms with Gasteiger partial charge in [0.05, 0.1) is 0 Å². The molecule has 3 aromatic carbocycles. The Morgan fingerprint density at radius 3 is 1.03 bits per heavy atom. The molecule has 0 aliphatic rings. The molecule has 0 saturated carbocycles. The van der Waals surface area contributed by atoms with Crippen LogP contribution in [0.1, 0.15) is 22.3 Å². The molecule has 0 heterocycles. The maximum absolute atomic E-state index is 14.8. The Balaban J connectivity index is 2.23. The number of rotatable bonds is 4. The molecule has 3 aromatic rings. The van der Waals surface area contributed by atoms with Crippen molar-refractivity contribution >= 4 is 11.6 Å². The third-order valence-corrected chi connectivity index (χ3v) is 4.94. The molecule has 0 aliphatic heterocycles. The normalized spacial score (nSPS) is 10.3. The summed E-state index contributed by atoms with van der Waals surface area (Å²) in [4.78, 5) is 0. The van der Waals surface area contributed by atoms with Crippen LogP contribution >= 0.6 is 11.6 Å². The highest BCUT2D eigenvalue weighted by Crippen LogP contribution is 2.45. The smallest absolute Gasteiger partial charge is 0.208 e. The van der Waals surface area contributed by atoms with Gasteiger partial charge in [0.25, 0.3) is 0 Å². The fourth-order valence-corrected chi connectivity index (χ4v) is 3.06. The van der Waals surface area contributed by atoms with E-state index in [1.807, 2.05) is 0 Å². The Morgan fingerprint density at radius 2 is 0.658 bits per heavy atom. The Hall–Kier alpha value is -5.12. The topological polar surface area (TPSA) is 114 Å². The summed E-state index contributed by atoms with van der Waals surface area (Å²) in [6.07, 6.45) is 0. The second-order valence-electron chi connectivity index (χ2n) is 6.61. The lowest BCUT2D eigenvalue weighted by molar-refractivity contribution is 0.327. The van der Waals surface area contributed by atoms with E-state index in [1.165, 1.54) is 0 Å². The van der Waals surface area contributed by atoms with Gasteiger partial charge in [-0.3, -0.25) is 0 Å². The van der Waals surface area contributed by atoms with Crippen LogP contribution in [0.15, 0.2) is 0 Å². The number of nitriles is 4. The molecule has 6 nitrogen and oxygen atoms in total. The van der Waals surface area contributed by atoms with Crippen molar-refractivity contribution in [1.29, 1.82) is 21.0 Å². The van der Waals surface area contributed by atoms with Gasteiger partial charge >= 0.3 is 0 Å². The molecular weight excluding hydrogens is 559 g/mol. The maximum Gasteiger partial charge on any atom is 0.208 e. The van der Waals surface area contributed by atoms with Crippen molar-refractivity contribution in [3.05, 3.63) is 79.6 Å². The van der Waals surface area contributed by atoms with E-state index < -0.39 is 103 Å². The number of hydrogen-bond acceptors (Lipinski definition) is 6. The minimum absolute atomic E-state index is 0.983. The van der Waals surface area contributed by atoms with Crippen LogP contribution in [-0.4, -0.2) is 0 Å². The van der Waals surface area contributed by atoms with Crippen LogP contribution in [0.25, 0.3) is 0 Å². The molecule has 16 heteroatoms. The largest absolute Gasteiger partial charge is 0.446 e. The van der Waals surface area contributed by atoms with Crippen molar-refractivity contribution in [3.63, 3.8) is 0 Å². The van der Waals surface area contributed by atoms with Crippen molar-refractivity contribution in [2.75, 3.05) is 0 Å². The fourth-order valence-electron chi connectivity index (χ4n) is 2.85. The van der Waals surface area contributed by atoms with Crippen molar-refractivity contribution in [3.8, 4) is 47.3 Å². The van der Waals surface area contributed by atoms with E-state index in [0.717, 1.165) is 24.3 Å². The van der Waals surface area contributed by atoms with Crippen LogP contribution in [0.2, 0.25) is 5.02 Å². The molecule has 3 rings (SSSR count). The third-order valence-electron chi connectivity index (χ3n) is 4.60. The number of benzene rings is 3. The molecule has 0 fully saturated rings. The molecule has 0 N–H and O–H groups in total. The van der Waals surface area contributed by atoms with Crippen LogP contribution in [0.3, 0.4) is 0 Å². The summed E-state index contributed by atoms with van der Waals surface area (Å²) < 4.78 is 138. The molecule has 0 bridgehead atoms. The number of ether oxygens (including phenoxy) is 2. The standard InChI is InChI=1S/C22ClF9N4O2/c23-9-14(28)22(38-21-13(27)8(4-36)6(2-34)11(25)16(21)30)18(32)17(31)19(9)37-20-12(26)7(3-35)5(1-33)10(24)15(20)29. The van der Waals surface area contributed by atoms with Gasteiger partial charge in [0.2, 0.25) is 40.5 Å². The molecule has 0 unspecified atom stereocenters. The van der Waals surface area contributed by atoms with Crippen LogP contribution in [0.5, 0.6) is 23.0 Å². The van der Waals surface area contributed by atoms with Crippen molar-refractivity contribution in [2.24, 2.45) is 0 Å². The van der Waals surface area contributed by atoms with Crippen LogP contribution in [0, 0.1) is 97.7 Å². The third kappa shape index (κ3) is 4.01. The van der Waals surface area contributed by atoms with Crippen LogP contribution in [0.4, 0.5) is 39.5 Å². The minimum Gasteiger partial charge on any atom is -0.446 e. The average Bonchev–Trinajstić information content (AvgIpc) is 2.90. The molecule has 0 aliphatic carbocycles. The highest BCUT2D eigenvalue weighted by molar-refractivity contribution is 6.32. The molecule has 0 atom stereocenters. The van der Waals surface area contributed by atoms with E-state index in [9.17, 15) is 39.5 Å². The van der Waals surface area contributed by atoms with E-state index in [1.54, 1.807) is 0 Å². The summed E-state index contributed by atoms with van der Waals surface area (Å²) in [6, 6.07) is 3.97. The van der Waals surface area contributed by atoms with Gasteiger partial charge in [-0.2, -0.15) is 38.6 Å². The van der Waals surface area contributed by atoms with E-state index >= 15 is 0 Å². The van der Waals surface area contributed by atoms with E-state index in [2.05, 4.69) is 9.47 Å². The molecule has 190 valence electrons. The van der Waals surface area contributed by atoms with Crippen molar-refractivity contribution in [2.45, 2.75) is 0 Å². The lowest BCUT2D eigenvalue weighted by atomic mass is 10.1. The lowest BCUT2D eigenvalue weighted by Crippen LogP contribution is -2.08. The van der Waals surface area contributed by atoms with Gasteiger partial charge in [0.15, 0.2) is 34.8 Å². The fraction of sp³-hybridized carbons (Fsp3) is 0. The summed E-state index contributed by atoms with van der Waals surface area (Å²) in [6.45, 7) is 0. The first-order chi connectivity index (χ1) is 17.9. The van der Waals surface area contributed by atoms with Crippen LogP contribution < -0.4 is 9.47 Å². The van der Waals surface area contributed by atoms with Gasteiger partial charge in [-0.15, -0.1) is 0 Å². The summed E-state index contributed by atoms with van der Waals surface area (Å²) in [5, 5.41) is 33.6. The van der Waals surface area contributed by atoms with Crippen LogP contribution in [-0.2, 0) is 0 Å². The highest BCUT2D eigenvalue weighted by atomic mass is 35.5. The summed E-state index contributed by atoms with van der Waals surface area (Å²) in [5.74, 6) is -28.4. The maximum atomic E-state index is 14.8. The Morgan fingerprint density at radius 1 is 0.395 bits per heavy atom. The first-order valence-electron chi connectivity index (χ1n) is 9.10. The number of hydrogen-bond donors (Lipinski definition) is 0.